The zero-order valence-corrected chi connectivity index (χ0v) is 14.0. The van der Waals surface area contributed by atoms with Gasteiger partial charge in [-0.05, 0) is 24.2 Å². The van der Waals surface area contributed by atoms with Crippen LogP contribution >= 0.6 is 0 Å². The Morgan fingerprint density at radius 3 is 2.76 bits per heavy atom. The van der Waals surface area contributed by atoms with Gasteiger partial charge in [0.25, 0.3) is 0 Å². The smallest absolute Gasteiger partial charge is 0.337 e. The molecule has 0 aliphatic carbocycles. The average molecular weight is 306 g/mol. The number of benzene rings is 1. The van der Waals surface area contributed by atoms with Gasteiger partial charge in [0.15, 0.2) is 0 Å². The van der Waals surface area contributed by atoms with Crippen LogP contribution in [0.15, 0.2) is 18.2 Å². The summed E-state index contributed by atoms with van der Waals surface area (Å²) in [6, 6.07) is 6.41. The number of fused-ring (bicyclic) bond motifs is 1. The van der Waals surface area contributed by atoms with E-state index in [-0.39, 0.29) is 5.97 Å². The van der Waals surface area contributed by atoms with Gasteiger partial charge < -0.3 is 14.5 Å². The number of nitrogens with zero attached hydrogens (tertiary/aromatic N) is 1. The number of methoxy groups -OCH3 is 1. The SMILES string of the molecule is COC(=O)c1ccc2nc(COCC[Si](C)(C)C)[nH]c2c1. The van der Waals surface area contributed by atoms with Crippen LogP contribution in [0.25, 0.3) is 11.0 Å². The second kappa shape index (κ2) is 6.40. The first-order valence-electron chi connectivity index (χ1n) is 7.04. The summed E-state index contributed by atoms with van der Waals surface area (Å²) in [5.74, 6) is 0.432. The van der Waals surface area contributed by atoms with Crippen LogP contribution in [0.4, 0.5) is 0 Å². The highest BCUT2D eigenvalue weighted by atomic mass is 28.3. The molecule has 0 bridgehead atoms. The van der Waals surface area contributed by atoms with Crippen molar-refractivity contribution >= 4 is 25.1 Å². The van der Waals surface area contributed by atoms with Gasteiger partial charge in [0.1, 0.15) is 12.4 Å². The zero-order valence-electron chi connectivity index (χ0n) is 13.0. The lowest BCUT2D eigenvalue weighted by molar-refractivity contribution is 0.0601. The topological polar surface area (TPSA) is 64.2 Å². The average Bonchev–Trinajstić information content (AvgIpc) is 2.83. The summed E-state index contributed by atoms with van der Waals surface area (Å²) in [5, 5.41) is 0. The molecule has 0 saturated carbocycles. The summed E-state index contributed by atoms with van der Waals surface area (Å²) in [4.78, 5) is 19.1. The number of rotatable bonds is 6. The maximum atomic E-state index is 11.5. The Morgan fingerprint density at radius 2 is 2.10 bits per heavy atom. The van der Waals surface area contributed by atoms with Gasteiger partial charge in [-0.3, -0.25) is 0 Å². The van der Waals surface area contributed by atoms with Crippen LogP contribution in [0, 0.1) is 0 Å². The number of imidazole rings is 1. The number of aromatic amines is 1. The molecule has 1 heterocycles. The molecule has 0 aliphatic rings. The lowest BCUT2D eigenvalue weighted by Crippen LogP contribution is -2.21. The van der Waals surface area contributed by atoms with Crippen LogP contribution in [0.3, 0.4) is 0 Å². The number of carbonyl (C=O) groups is 1. The minimum atomic E-state index is -1.06. The Balaban J connectivity index is 2.00. The van der Waals surface area contributed by atoms with E-state index in [1.165, 1.54) is 7.11 Å². The summed E-state index contributed by atoms with van der Waals surface area (Å²) >= 11 is 0. The van der Waals surface area contributed by atoms with Crippen LogP contribution in [-0.4, -0.2) is 37.7 Å². The first-order valence-corrected chi connectivity index (χ1v) is 10.7. The van der Waals surface area contributed by atoms with E-state index in [2.05, 4.69) is 29.6 Å². The number of carbonyl (C=O) groups excluding carboxylic acids is 1. The van der Waals surface area contributed by atoms with Crippen LogP contribution in [-0.2, 0) is 16.1 Å². The van der Waals surface area contributed by atoms with E-state index in [9.17, 15) is 4.79 Å². The summed E-state index contributed by atoms with van der Waals surface area (Å²) in [7, 11) is 0.314. The zero-order chi connectivity index (χ0) is 15.5. The van der Waals surface area contributed by atoms with Gasteiger partial charge >= 0.3 is 5.97 Å². The minimum Gasteiger partial charge on any atom is -0.465 e. The molecule has 5 nitrogen and oxygen atoms in total. The second-order valence-electron chi connectivity index (χ2n) is 6.27. The molecular weight excluding hydrogens is 284 g/mol. The van der Waals surface area contributed by atoms with Gasteiger partial charge in [-0.2, -0.15) is 0 Å². The van der Waals surface area contributed by atoms with Crippen molar-refractivity contribution in [3.05, 3.63) is 29.6 Å². The third kappa shape index (κ3) is 4.40. The fraction of sp³-hybridized carbons (Fsp3) is 0.467. The third-order valence-electron chi connectivity index (χ3n) is 3.19. The molecule has 1 aromatic carbocycles. The van der Waals surface area contributed by atoms with Crippen molar-refractivity contribution in [2.75, 3.05) is 13.7 Å². The van der Waals surface area contributed by atoms with Crippen molar-refractivity contribution in [3.63, 3.8) is 0 Å². The van der Waals surface area contributed by atoms with E-state index in [0.717, 1.165) is 29.5 Å². The largest absolute Gasteiger partial charge is 0.465 e. The molecule has 6 heteroatoms. The number of hydrogen-bond acceptors (Lipinski definition) is 4. The van der Waals surface area contributed by atoms with Gasteiger partial charge in [-0.15, -0.1) is 0 Å². The van der Waals surface area contributed by atoms with Crippen molar-refractivity contribution < 1.29 is 14.3 Å². The molecule has 0 fully saturated rings. The Kier molecular flexibility index (Phi) is 4.79. The van der Waals surface area contributed by atoms with Crippen molar-refractivity contribution in [1.29, 1.82) is 0 Å². The predicted molar refractivity (Wildman–Crippen MR) is 85.2 cm³/mol. The molecule has 0 spiro atoms. The highest BCUT2D eigenvalue weighted by Gasteiger charge is 2.13. The Bertz CT molecular complexity index is 631. The summed E-state index contributed by atoms with van der Waals surface area (Å²) in [5.41, 5.74) is 2.16. The van der Waals surface area contributed by atoms with Crippen molar-refractivity contribution in [1.82, 2.24) is 9.97 Å². The normalized spacial score (nSPS) is 11.8. The molecule has 2 aromatic rings. The molecule has 21 heavy (non-hydrogen) atoms. The number of hydrogen-bond donors (Lipinski definition) is 1. The highest BCUT2D eigenvalue weighted by molar-refractivity contribution is 6.76. The van der Waals surface area contributed by atoms with Gasteiger partial charge in [-0.25, -0.2) is 9.78 Å². The molecule has 0 atom stereocenters. The van der Waals surface area contributed by atoms with Crippen molar-refractivity contribution in [2.24, 2.45) is 0 Å². The van der Waals surface area contributed by atoms with E-state index < -0.39 is 8.07 Å². The standard InChI is InChI=1S/C15H22N2O3Si/c1-19-15(18)11-5-6-12-13(9-11)17-14(16-12)10-20-7-8-21(2,3)4/h5-6,9H,7-8,10H2,1-4H3,(H,16,17). The maximum absolute atomic E-state index is 11.5. The second-order valence-corrected chi connectivity index (χ2v) is 11.9. The van der Waals surface area contributed by atoms with Gasteiger partial charge in [0.05, 0.1) is 23.7 Å². The highest BCUT2D eigenvalue weighted by Crippen LogP contribution is 2.15. The molecule has 2 rings (SSSR count). The quantitative estimate of drug-likeness (QED) is 0.505. The first kappa shape index (κ1) is 15.7. The van der Waals surface area contributed by atoms with Gasteiger partial charge in [0.2, 0.25) is 0 Å². The van der Waals surface area contributed by atoms with Crippen LogP contribution < -0.4 is 0 Å². The van der Waals surface area contributed by atoms with E-state index in [1.54, 1.807) is 12.1 Å². The third-order valence-corrected chi connectivity index (χ3v) is 4.89. The fourth-order valence-corrected chi connectivity index (χ4v) is 2.68. The van der Waals surface area contributed by atoms with Crippen LogP contribution in [0.5, 0.6) is 0 Å². The maximum Gasteiger partial charge on any atom is 0.337 e. The van der Waals surface area contributed by atoms with Crippen LogP contribution in [0.2, 0.25) is 25.7 Å². The van der Waals surface area contributed by atoms with E-state index in [1.807, 2.05) is 6.07 Å². The Morgan fingerprint density at radius 1 is 1.33 bits per heavy atom. The molecule has 0 radical (unpaired) electrons. The molecule has 0 saturated heterocycles. The monoisotopic (exact) mass is 306 g/mol. The number of ether oxygens (including phenoxy) is 2. The van der Waals surface area contributed by atoms with Gasteiger partial charge in [-0.1, -0.05) is 19.6 Å². The number of aromatic nitrogens is 2. The van der Waals surface area contributed by atoms with E-state index in [4.69, 9.17) is 9.47 Å². The first-order chi connectivity index (χ1) is 9.89. The summed E-state index contributed by atoms with van der Waals surface area (Å²) in [6.45, 7) is 8.20. The molecular formula is C15H22N2O3Si. The lowest BCUT2D eigenvalue weighted by atomic mass is 10.2. The summed E-state index contributed by atoms with van der Waals surface area (Å²) < 4.78 is 10.4. The molecule has 1 N–H and O–H groups in total. The predicted octanol–water partition coefficient (Wildman–Crippen LogP) is 3.20. The Labute approximate surface area is 125 Å². The molecule has 1 aromatic heterocycles. The van der Waals surface area contributed by atoms with E-state index >= 15 is 0 Å². The lowest BCUT2D eigenvalue weighted by Gasteiger charge is -2.14. The van der Waals surface area contributed by atoms with Crippen LogP contribution in [0.1, 0.15) is 16.2 Å². The summed E-state index contributed by atoms with van der Waals surface area (Å²) in [6.07, 6.45) is 0. The van der Waals surface area contributed by atoms with Crippen molar-refractivity contribution in [3.8, 4) is 0 Å². The Hall–Kier alpha value is -1.66. The van der Waals surface area contributed by atoms with E-state index in [0.29, 0.717) is 12.2 Å². The van der Waals surface area contributed by atoms with Crippen molar-refractivity contribution in [2.45, 2.75) is 32.3 Å². The number of H-pyrrole nitrogens is 1. The molecule has 0 aliphatic heterocycles. The molecule has 114 valence electrons. The number of esters is 1. The number of nitrogens with one attached hydrogen (secondary N) is 1. The minimum absolute atomic E-state index is 0.348. The van der Waals surface area contributed by atoms with Gasteiger partial charge in [0, 0.05) is 14.7 Å². The molecule has 0 unspecified atom stereocenters. The fourth-order valence-electron chi connectivity index (χ4n) is 1.92. The molecule has 0 amide bonds.